The van der Waals surface area contributed by atoms with E-state index in [0.29, 0.717) is 16.9 Å². The summed E-state index contributed by atoms with van der Waals surface area (Å²) < 4.78 is 13.6. The maximum atomic E-state index is 13.6. The molecule has 1 aliphatic rings. The summed E-state index contributed by atoms with van der Waals surface area (Å²) in [7, 11) is 0. The normalized spacial score (nSPS) is 14.5. The predicted molar refractivity (Wildman–Crippen MR) is 101 cm³/mol. The molecule has 2 aromatic rings. The Labute approximate surface area is 155 Å². The number of aliphatic hydroxyl groups excluding tert-OH is 1. The molecule has 1 heterocycles. The summed E-state index contributed by atoms with van der Waals surface area (Å²) in [6.07, 6.45) is 0. The standard InChI is InChI=1S/C20H18FNO3S/c1-12-6-7-14(10-13(12)2)17-18(26-9-8-23)20(25)22(19(17)24)16-5-3-4-15(21)11-16/h3-7,10-11,23H,8-9H2,1-2H3. The Bertz CT molecular complexity index is 923. The molecule has 1 N–H and O–H groups in total. The number of rotatable bonds is 5. The lowest BCUT2D eigenvalue weighted by molar-refractivity contribution is -0.119. The molecule has 6 heteroatoms. The summed E-state index contributed by atoms with van der Waals surface area (Å²) >= 11 is 1.14. The average molecular weight is 371 g/mol. The van der Waals surface area contributed by atoms with Crippen molar-refractivity contribution in [3.05, 3.63) is 69.9 Å². The second-order valence-electron chi connectivity index (χ2n) is 6.00. The number of benzene rings is 2. The van der Waals surface area contributed by atoms with Crippen molar-refractivity contribution in [2.24, 2.45) is 0 Å². The fraction of sp³-hybridized carbons (Fsp3) is 0.200. The highest BCUT2D eigenvalue weighted by atomic mass is 32.2. The first-order chi connectivity index (χ1) is 12.4. The van der Waals surface area contributed by atoms with E-state index in [4.69, 9.17) is 5.11 Å². The molecule has 4 nitrogen and oxygen atoms in total. The molecule has 0 aromatic heterocycles. The highest BCUT2D eigenvalue weighted by molar-refractivity contribution is 8.04. The van der Waals surface area contributed by atoms with Gasteiger partial charge in [-0.25, -0.2) is 9.29 Å². The SMILES string of the molecule is Cc1ccc(C2=C(SCCO)C(=O)N(c3cccc(F)c3)C2=O)cc1C. The number of anilines is 1. The van der Waals surface area contributed by atoms with Gasteiger partial charge in [0, 0.05) is 5.75 Å². The molecule has 0 saturated heterocycles. The molecule has 2 amide bonds. The van der Waals surface area contributed by atoms with Crippen LogP contribution in [0.2, 0.25) is 0 Å². The van der Waals surface area contributed by atoms with E-state index >= 15 is 0 Å². The average Bonchev–Trinajstić information content (AvgIpc) is 2.85. The summed E-state index contributed by atoms with van der Waals surface area (Å²) in [6.45, 7) is 3.79. The molecular formula is C20H18FNO3S. The van der Waals surface area contributed by atoms with Gasteiger partial charge < -0.3 is 5.11 Å². The summed E-state index contributed by atoms with van der Waals surface area (Å²) in [5, 5.41) is 9.13. The second kappa shape index (κ2) is 7.43. The molecule has 26 heavy (non-hydrogen) atoms. The van der Waals surface area contributed by atoms with Crippen LogP contribution in [0.15, 0.2) is 47.4 Å². The highest BCUT2D eigenvalue weighted by Gasteiger charge is 2.40. The number of imide groups is 1. The minimum atomic E-state index is -0.521. The lowest BCUT2D eigenvalue weighted by Crippen LogP contribution is -2.31. The van der Waals surface area contributed by atoms with Crippen LogP contribution in [0.3, 0.4) is 0 Å². The van der Waals surface area contributed by atoms with Crippen molar-refractivity contribution in [2.75, 3.05) is 17.3 Å². The maximum Gasteiger partial charge on any atom is 0.272 e. The third kappa shape index (κ3) is 3.30. The maximum absolute atomic E-state index is 13.6. The highest BCUT2D eigenvalue weighted by Crippen LogP contribution is 2.38. The number of nitrogens with zero attached hydrogens (tertiary/aromatic N) is 1. The number of carbonyl (C=O) groups is 2. The number of halogens is 1. The lowest BCUT2D eigenvalue weighted by atomic mass is 10.0. The fourth-order valence-electron chi connectivity index (χ4n) is 2.79. The van der Waals surface area contributed by atoms with Crippen LogP contribution >= 0.6 is 11.8 Å². The molecule has 1 aliphatic heterocycles. The van der Waals surface area contributed by atoms with E-state index < -0.39 is 17.6 Å². The van der Waals surface area contributed by atoms with E-state index in [9.17, 15) is 14.0 Å². The van der Waals surface area contributed by atoms with E-state index in [1.54, 1.807) is 6.07 Å². The number of thioether (sulfide) groups is 1. The van der Waals surface area contributed by atoms with Crippen LogP contribution < -0.4 is 4.90 Å². The van der Waals surface area contributed by atoms with Crippen molar-refractivity contribution in [1.82, 2.24) is 0 Å². The third-order valence-corrected chi connectivity index (χ3v) is 5.30. The Kier molecular flexibility index (Phi) is 5.25. The minimum absolute atomic E-state index is 0.115. The van der Waals surface area contributed by atoms with Crippen LogP contribution in [0.25, 0.3) is 5.57 Å². The van der Waals surface area contributed by atoms with Crippen LogP contribution in [0.1, 0.15) is 16.7 Å². The number of hydrogen-bond donors (Lipinski definition) is 1. The summed E-state index contributed by atoms with van der Waals surface area (Å²) in [6, 6.07) is 11.0. The van der Waals surface area contributed by atoms with Gasteiger partial charge in [0.1, 0.15) is 5.82 Å². The smallest absolute Gasteiger partial charge is 0.272 e. The number of hydrogen-bond acceptors (Lipinski definition) is 4. The van der Waals surface area contributed by atoms with Crippen LogP contribution in [-0.2, 0) is 9.59 Å². The molecular weight excluding hydrogens is 353 g/mol. The molecule has 3 rings (SSSR count). The molecule has 0 atom stereocenters. The van der Waals surface area contributed by atoms with Crippen molar-refractivity contribution in [1.29, 1.82) is 0 Å². The first-order valence-corrected chi connectivity index (χ1v) is 9.12. The Morgan fingerprint density at radius 1 is 1.04 bits per heavy atom. The zero-order valence-corrected chi connectivity index (χ0v) is 15.3. The zero-order chi connectivity index (χ0) is 18.8. The molecule has 0 unspecified atom stereocenters. The van der Waals surface area contributed by atoms with Gasteiger partial charge in [0.15, 0.2) is 0 Å². The predicted octanol–water partition coefficient (Wildman–Crippen LogP) is 3.45. The van der Waals surface area contributed by atoms with Crippen molar-refractivity contribution < 1.29 is 19.1 Å². The van der Waals surface area contributed by atoms with Gasteiger partial charge in [-0.15, -0.1) is 11.8 Å². The van der Waals surface area contributed by atoms with Gasteiger partial charge in [0.05, 0.1) is 22.8 Å². The summed E-state index contributed by atoms with van der Waals surface area (Å²) in [4.78, 5) is 27.2. The summed E-state index contributed by atoms with van der Waals surface area (Å²) in [5.74, 6) is -1.21. The summed E-state index contributed by atoms with van der Waals surface area (Å²) in [5.41, 5.74) is 3.22. The van der Waals surface area contributed by atoms with E-state index in [1.165, 1.54) is 18.2 Å². The van der Waals surface area contributed by atoms with Gasteiger partial charge in [0.2, 0.25) is 0 Å². The molecule has 0 bridgehead atoms. The number of aliphatic hydroxyl groups is 1. The molecule has 0 aliphatic carbocycles. The van der Waals surface area contributed by atoms with E-state index in [-0.39, 0.29) is 17.2 Å². The molecule has 0 spiro atoms. The van der Waals surface area contributed by atoms with Gasteiger partial charge in [-0.05, 0) is 48.7 Å². The van der Waals surface area contributed by atoms with Crippen molar-refractivity contribution in [3.63, 3.8) is 0 Å². The third-order valence-electron chi connectivity index (χ3n) is 4.24. The Morgan fingerprint density at radius 3 is 2.46 bits per heavy atom. The molecule has 134 valence electrons. The number of amides is 2. The second-order valence-corrected chi connectivity index (χ2v) is 7.11. The van der Waals surface area contributed by atoms with Gasteiger partial charge in [-0.2, -0.15) is 0 Å². The number of aryl methyl sites for hydroxylation is 2. The van der Waals surface area contributed by atoms with Gasteiger partial charge in [-0.1, -0.05) is 24.3 Å². The molecule has 0 fully saturated rings. The Morgan fingerprint density at radius 2 is 1.81 bits per heavy atom. The Balaban J connectivity index is 2.10. The topological polar surface area (TPSA) is 57.6 Å². The quantitative estimate of drug-likeness (QED) is 0.818. The van der Waals surface area contributed by atoms with Crippen LogP contribution in [0.4, 0.5) is 10.1 Å². The lowest BCUT2D eigenvalue weighted by Gasteiger charge is -2.15. The van der Waals surface area contributed by atoms with Crippen molar-refractivity contribution >= 4 is 34.8 Å². The fourth-order valence-corrected chi connectivity index (χ4v) is 3.65. The van der Waals surface area contributed by atoms with Crippen LogP contribution in [0, 0.1) is 19.7 Å². The minimum Gasteiger partial charge on any atom is -0.396 e. The van der Waals surface area contributed by atoms with E-state index in [2.05, 4.69) is 0 Å². The monoisotopic (exact) mass is 371 g/mol. The van der Waals surface area contributed by atoms with Gasteiger partial charge in [-0.3, -0.25) is 9.59 Å². The van der Waals surface area contributed by atoms with Crippen molar-refractivity contribution in [2.45, 2.75) is 13.8 Å². The first kappa shape index (κ1) is 18.4. The van der Waals surface area contributed by atoms with E-state index in [1.807, 2.05) is 26.0 Å². The number of carbonyl (C=O) groups excluding carboxylic acids is 2. The van der Waals surface area contributed by atoms with Crippen LogP contribution in [0.5, 0.6) is 0 Å². The Hall–Kier alpha value is -2.44. The first-order valence-electron chi connectivity index (χ1n) is 8.14. The van der Waals surface area contributed by atoms with E-state index in [0.717, 1.165) is 33.9 Å². The van der Waals surface area contributed by atoms with Crippen molar-refractivity contribution in [3.8, 4) is 0 Å². The zero-order valence-electron chi connectivity index (χ0n) is 14.5. The molecule has 0 saturated carbocycles. The van der Waals surface area contributed by atoms with Gasteiger partial charge >= 0.3 is 0 Å². The molecule has 2 aromatic carbocycles. The molecule has 0 radical (unpaired) electrons. The van der Waals surface area contributed by atoms with Gasteiger partial charge in [0.25, 0.3) is 11.8 Å². The van der Waals surface area contributed by atoms with Crippen LogP contribution in [-0.4, -0.2) is 29.3 Å². The largest absolute Gasteiger partial charge is 0.396 e.